The number of carbonyl (C=O) groups excluding carboxylic acids is 2. The molecule has 0 bridgehead atoms. The Hall–Kier alpha value is -4.08. The lowest BCUT2D eigenvalue weighted by Crippen LogP contribution is -2.19. The van der Waals surface area contributed by atoms with Gasteiger partial charge in [0.2, 0.25) is 5.91 Å². The first kappa shape index (κ1) is 48.0. The van der Waals surface area contributed by atoms with Crippen LogP contribution in [0.2, 0.25) is 0 Å². The molecule has 0 heterocycles. The van der Waals surface area contributed by atoms with Crippen LogP contribution in [0, 0.1) is 11.8 Å². The largest absolute Gasteiger partial charge is 0.481 e. The van der Waals surface area contributed by atoms with E-state index in [2.05, 4.69) is 17.4 Å². The van der Waals surface area contributed by atoms with Gasteiger partial charge in [0, 0.05) is 18.6 Å². The molecule has 0 aliphatic heterocycles. The van der Waals surface area contributed by atoms with Gasteiger partial charge in [-0.25, -0.2) is 15.1 Å². The SMILES string of the molecule is C.CCCC(=O)OC.O=C(CCSCCCC(Cc1cccc(C(=O)O)c1)C(=O)O)NO.O=C(O)c1cccc(CC(CCCS)C(=O)O)c1. The molecule has 2 unspecified atom stereocenters. The maximum Gasteiger partial charge on any atom is 0.335 e. The van der Waals surface area contributed by atoms with E-state index in [-0.39, 0.29) is 37.4 Å². The van der Waals surface area contributed by atoms with E-state index in [4.69, 9.17) is 20.5 Å². The molecule has 0 aromatic heterocycles. The monoisotopic (exact) mass is 741 g/mol. The van der Waals surface area contributed by atoms with E-state index in [1.54, 1.807) is 29.7 Å². The number of aliphatic carboxylic acids is 2. The number of methoxy groups -OCH3 is 1. The highest BCUT2D eigenvalue weighted by atomic mass is 32.2. The van der Waals surface area contributed by atoms with Crippen molar-refractivity contribution in [3.05, 3.63) is 70.8 Å². The molecule has 2 rings (SSSR count). The van der Waals surface area contributed by atoms with Gasteiger partial charge < -0.3 is 25.2 Å². The molecule has 6 N–H and O–H groups in total. The Morgan fingerprint density at radius 2 is 1.26 bits per heavy atom. The molecule has 0 fully saturated rings. The van der Waals surface area contributed by atoms with Crippen LogP contribution in [0.3, 0.4) is 0 Å². The topological polar surface area (TPSA) is 225 Å². The first-order valence-electron chi connectivity index (χ1n) is 15.6. The predicted molar refractivity (Wildman–Crippen MR) is 194 cm³/mol. The molecule has 280 valence electrons. The maximum absolute atomic E-state index is 11.4. The Morgan fingerprint density at radius 3 is 1.62 bits per heavy atom. The van der Waals surface area contributed by atoms with Crippen LogP contribution in [-0.2, 0) is 36.8 Å². The zero-order valence-corrected chi connectivity index (χ0v) is 29.4. The van der Waals surface area contributed by atoms with Crippen LogP contribution in [0.25, 0.3) is 0 Å². The van der Waals surface area contributed by atoms with Crippen LogP contribution in [0.15, 0.2) is 48.5 Å². The first-order chi connectivity index (χ1) is 23.3. The molecule has 0 radical (unpaired) electrons. The van der Waals surface area contributed by atoms with E-state index in [9.17, 15) is 33.9 Å². The van der Waals surface area contributed by atoms with Crippen molar-refractivity contribution in [2.75, 3.05) is 24.4 Å². The number of amides is 1. The van der Waals surface area contributed by atoms with Crippen LogP contribution >= 0.6 is 24.4 Å². The van der Waals surface area contributed by atoms with Crippen molar-refractivity contribution in [1.82, 2.24) is 5.48 Å². The summed E-state index contributed by atoms with van der Waals surface area (Å²) in [6, 6.07) is 12.7. The summed E-state index contributed by atoms with van der Waals surface area (Å²) in [5, 5.41) is 44.6. The van der Waals surface area contributed by atoms with E-state index in [0.29, 0.717) is 49.2 Å². The lowest BCUT2D eigenvalue weighted by atomic mass is 9.94. The summed E-state index contributed by atoms with van der Waals surface area (Å²) in [4.78, 5) is 65.2. The van der Waals surface area contributed by atoms with Crippen LogP contribution < -0.4 is 5.48 Å². The number of hydrogen-bond acceptors (Lipinski definition) is 10. The number of carboxylic acids is 4. The number of thioether (sulfide) groups is 1. The van der Waals surface area contributed by atoms with Gasteiger partial charge in [-0.15, -0.1) is 0 Å². The molecule has 15 heteroatoms. The third-order valence-corrected chi connectivity index (χ3v) is 8.23. The van der Waals surface area contributed by atoms with Crippen LogP contribution in [-0.4, -0.2) is 85.8 Å². The predicted octanol–water partition coefficient (Wildman–Crippen LogP) is 5.97. The van der Waals surface area contributed by atoms with Crippen molar-refractivity contribution in [3.8, 4) is 0 Å². The third kappa shape index (κ3) is 22.5. The van der Waals surface area contributed by atoms with Gasteiger partial charge >= 0.3 is 29.8 Å². The van der Waals surface area contributed by atoms with Gasteiger partial charge in [0.05, 0.1) is 30.1 Å². The maximum atomic E-state index is 11.4. The zero-order valence-electron chi connectivity index (χ0n) is 27.7. The van der Waals surface area contributed by atoms with Crippen molar-refractivity contribution < 1.29 is 59.1 Å². The summed E-state index contributed by atoms with van der Waals surface area (Å²) in [5.41, 5.74) is 3.32. The Morgan fingerprint density at radius 1 is 0.780 bits per heavy atom. The second-order valence-electron chi connectivity index (χ2n) is 10.7. The molecule has 0 aliphatic rings. The number of rotatable bonds is 20. The zero-order chi connectivity index (χ0) is 37.2. The first-order valence-corrected chi connectivity index (χ1v) is 17.4. The molecule has 0 spiro atoms. The van der Waals surface area contributed by atoms with Crippen LogP contribution in [0.1, 0.15) is 91.1 Å². The summed E-state index contributed by atoms with van der Waals surface area (Å²) < 4.78 is 4.35. The molecule has 13 nitrogen and oxygen atoms in total. The fourth-order valence-corrected chi connectivity index (χ4v) is 5.34. The number of ether oxygens (including phenoxy) is 1. The minimum Gasteiger partial charge on any atom is -0.481 e. The van der Waals surface area contributed by atoms with Gasteiger partial charge in [-0.2, -0.15) is 24.4 Å². The summed E-state index contributed by atoms with van der Waals surface area (Å²) in [7, 11) is 1.40. The van der Waals surface area contributed by atoms with E-state index in [1.807, 2.05) is 6.92 Å². The van der Waals surface area contributed by atoms with Crippen molar-refractivity contribution in [2.45, 2.75) is 72.1 Å². The second-order valence-corrected chi connectivity index (χ2v) is 12.4. The highest BCUT2D eigenvalue weighted by molar-refractivity contribution is 7.99. The fraction of sp³-hybridized carbons (Fsp3) is 0.486. The van der Waals surface area contributed by atoms with E-state index < -0.39 is 41.6 Å². The molecule has 2 aromatic carbocycles. The van der Waals surface area contributed by atoms with Crippen molar-refractivity contribution in [1.29, 1.82) is 0 Å². The average molecular weight is 742 g/mol. The minimum atomic E-state index is -1.04. The summed E-state index contributed by atoms with van der Waals surface area (Å²) in [6.45, 7) is 1.94. The lowest BCUT2D eigenvalue weighted by molar-refractivity contribution is -0.142. The lowest BCUT2D eigenvalue weighted by Gasteiger charge is -2.12. The molecule has 0 saturated heterocycles. The number of hydrogen-bond donors (Lipinski definition) is 7. The average Bonchev–Trinajstić information content (AvgIpc) is 3.08. The number of thiol groups is 1. The summed E-state index contributed by atoms with van der Waals surface area (Å²) in [5.74, 6) is -3.48. The minimum absolute atomic E-state index is 0. The Labute approximate surface area is 303 Å². The van der Waals surface area contributed by atoms with Gasteiger partial charge in [-0.3, -0.25) is 24.4 Å². The summed E-state index contributed by atoms with van der Waals surface area (Å²) >= 11 is 5.58. The van der Waals surface area contributed by atoms with Gasteiger partial charge in [-0.1, -0.05) is 38.6 Å². The van der Waals surface area contributed by atoms with Gasteiger partial charge in [0.15, 0.2) is 0 Å². The summed E-state index contributed by atoms with van der Waals surface area (Å²) in [6.07, 6.45) is 4.70. The molecular weight excluding hydrogens is 691 g/mol. The molecular formula is C35H51NO12S2. The number of carboxylic acid groups (broad SMARTS) is 4. The Kier molecular flexibility index (Phi) is 27.6. The number of nitrogens with one attached hydrogen (secondary N) is 1. The quantitative estimate of drug-likeness (QED) is 0.0273. The molecule has 2 aromatic rings. The number of carbonyl (C=O) groups is 6. The standard InChI is InChI=1S/C16H21NO6S.C13H16O4S.C5H10O2.CH4/c18-14(17-23)6-8-24-7-2-5-13(16(21)22)10-11-3-1-4-12(9-11)15(19)20;14-12(15)10-4-1-3-9(7-10)8-11(13(16)17)5-2-6-18;1-3-4-5(6)7-2;/h1,3-4,9,13,23H,2,5-8,10H2,(H,17,18)(H,19,20)(H,21,22);1,3-4,7,11,18H,2,5-6,8H2,(H,14,15)(H,16,17);3-4H2,1-2H3;1H4. The Balaban J connectivity index is 0. The number of aromatic carboxylic acids is 2. The van der Waals surface area contributed by atoms with Gasteiger partial charge in [0.25, 0.3) is 0 Å². The van der Waals surface area contributed by atoms with E-state index in [0.717, 1.165) is 24.2 Å². The molecule has 50 heavy (non-hydrogen) atoms. The normalized spacial score (nSPS) is 11.1. The van der Waals surface area contributed by atoms with Gasteiger partial charge in [-0.05, 0) is 91.8 Å². The fourth-order valence-electron chi connectivity index (χ4n) is 4.26. The Bertz CT molecular complexity index is 1340. The molecule has 0 aliphatic carbocycles. The molecule has 1 amide bonds. The van der Waals surface area contributed by atoms with E-state index in [1.165, 1.54) is 43.1 Å². The molecule has 2 atom stereocenters. The number of esters is 1. The molecule has 0 saturated carbocycles. The van der Waals surface area contributed by atoms with Crippen LogP contribution in [0.4, 0.5) is 0 Å². The van der Waals surface area contributed by atoms with Gasteiger partial charge in [0.1, 0.15) is 0 Å². The van der Waals surface area contributed by atoms with Crippen molar-refractivity contribution >= 4 is 60.1 Å². The second kappa shape index (κ2) is 28.7. The van der Waals surface area contributed by atoms with Crippen LogP contribution in [0.5, 0.6) is 0 Å². The highest BCUT2D eigenvalue weighted by Crippen LogP contribution is 2.19. The number of benzene rings is 2. The highest BCUT2D eigenvalue weighted by Gasteiger charge is 2.19. The van der Waals surface area contributed by atoms with Crippen molar-refractivity contribution in [2.24, 2.45) is 11.8 Å². The van der Waals surface area contributed by atoms with Crippen molar-refractivity contribution in [3.63, 3.8) is 0 Å². The smallest absolute Gasteiger partial charge is 0.335 e. The van der Waals surface area contributed by atoms with E-state index >= 15 is 0 Å². The third-order valence-electron chi connectivity index (χ3n) is 6.84. The number of hydroxylamine groups is 1.